The molecular formula is C11H15NO5S. The van der Waals surface area contributed by atoms with Gasteiger partial charge in [0.15, 0.2) is 6.61 Å². The summed E-state index contributed by atoms with van der Waals surface area (Å²) in [6.07, 6.45) is 0. The van der Waals surface area contributed by atoms with Crippen molar-refractivity contribution in [3.63, 3.8) is 0 Å². The van der Waals surface area contributed by atoms with Gasteiger partial charge in [-0.1, -0.05) is 0 Å². The predicted octanol–water partition coefficient (Wildman–Crippen LogP) is 0.489. The minimum atomic E-state index is -3.44. The molecule has 0 unspecified atom stereocenters. The van der Waals surface area contributed by atoms with E-state index >= 15 is 0 Å². The largest absolute Gasteiger partial charge is 0.482 e. The minimum absolute atomic E-state index is 0.165. The standard InChI is InChI=1S/C11H15NO5S/c1-12(2)18(14,15)10-6-4-9(5-7-10)17-8-11(13)16-3/h4-7H,8H2,1-3H3. The van der Waals surface area contributed by atoms with Crippen molar-refractivity contribution in [1.29, 1.82) is 0 Å². The molecular weight excluding hydrogens is 258 g/mol. The fourth-order valence-electron chi connectivity index (χ4n) is 1.12. The van der Waals surface area contributed by atoms with E-state index in [2.05, 4.69) is 4.74 Å². The predicted molar refractivity (Wildman–Crippen MR) is 64.8 cm³/mol. The quantitative estimate of drug-likeness (QED) is 0.730. The Kier molecular flexibility index (Phi) is 4.69. The summed E-state index contributed by atoms with van der Waals surface area (Å²) >= 11 is 0. The summed E-state index contributed by atoms with van der Waals surface area (Å²) in [5.74, 6) is -0.0990. The molecule has 100 valence electrons. The van der Waals surface area contributed by atoms with Crippen LogP contribution in [0.4, 0.5) is 0 Å². The molecule has 0 spiro atoms. The molecule has 0 bridgehead atoms. The first-order valence-electron chi connectivity index (χ1n) is 5.10. The van der Waals surface area contributed by atoms with Crippen LogP contribution < -0.4 is 4.74 Å². The summed E-state index contributed by atoms with van der Waals surface area (Å²) in [5, 5.41) is 0. The number of ether oxygens (including phenoxy) is 2. The topological polar surface area (TPSA) is 72.9 Å². The summed E-state index contributed by atoms with van der Waals surface area (Å²) in [5.41, 5.74) is 0. The Bertz CT molecular complexity index is 507. The normalized spacial score (nSPS) is 11.3. The van der Waals surface area contributed by atoms with Crippen LogP contribution in [0.25, 0.3) is 0 Å². The molecule has 0 aromatic heterocycles. The number of methoxy groups -OCH3 is 1. The van der Waals surface area contributed by atoms with Gasteiger partial charge in [0.2, 0.25) is 10.0 Å². The molecule has 0 saturated heterocycles. The molecule has 0 atom stereocenters. The minimum Gasteiger partial charge on any atom is -0.482 e. The van der Waals surface area contributed by atoms with Gasteiger partial charge in [-0.2, -0.15) is 0 Å². The van der Waals surface area contributed by atoms with Crippen molar-refractivity contribution >= 4 is 16.0 Å². The van der Waals surface area contributed by atoms with Crippen LogP contribution in [0.2, 0.25) is 0 Å². The summed E-state index contributed by atoms with van der Waals surface area (Å²) in [6, 6.07) is 5.81. The molecule has 0 fully saturated rings. The van der Waals surface area contributed by atoms with Gasteiger partial charge in [-0.05, 0) is 24.3 Å². The van der Waals surface area contributed by atoms with E-state index in [0.29, 0.717) is 5.75 Å². The molecule has 0 N–H and O–H groups in total. The van der Waals surface area contributed by atoms with E-state index in [9.17, 15) is 13.2 Å². The lowest BCUT2D eigenvalue weighted by Gasteiger charge is -2.11. The molecule has 1 aromatic carbocycles. The lowest BCUT2D eigenvalue weighted by molar-refractivity contribution is -0.142. The summed E-state index contributed by atoms with van der Waals surface area (Å²) in [7, 11) is 0.730. The van der Waals surface area contributed by atoms with Gasteiger partial charge in [0.05, 0.1) is 12.0 Å². The smallest absolute Gasteiger partial charge is 0.343 e. The first-order valence-corrected chi connectivity index (χ1v) is 6.54. The van der Waals surface area contributed by atoms with E-state index in [1.54, 1.807) is 0 Å². The van der Waals surface area contributed by atoms with Crippen LogP contribution in [0, 0.1) is 0 Å². The highest BCUT2D eigenvalue weighted by atomic mass is 32.2. The third kappa shape index (κ3) is 3.44. The van der Waals surface area contributed by atoms with E-state index in [4.69, 9.17) is 4.74 Å². The van der Waals surface area contributed by atoms with Crippen molar-refractivity contribution in [3.05, 3.63) is 24.3 Å². The second-order valence-corrected chi connectivity index (χ2v) is 5.78. The molecule has 1 rings (SSSR count). The van der Waals surface area contributed by atoms with Crippen molar-refractivity contribution in [2.75, 3.05) is 27.8 Å². The molecule has 0 aliphatic rings. The molecule has 7 heteroatoms. The maximum Gasteiger partial charge on any atom is 0.343 e. The number of rotatable bonds is 5. The van der Waals surface area contributed by atoms with Crippen molar-refractivity contribution in [2.45, 2.75) is 4.90 Å². The van der Waals surface area contributed by atoms with Crippen LogP contribution >= 0.6 is 0 Å². The van der Waals surface area contributed by atoms with E-state index < -0.39 is 16.0 Å². The zero-order chi connectivity index (χ0) is 13.8. The Morgan fingerprint density at radius 1 is 1.22 bits per heavy atom. The van der Waals surface area contributed by atoms with E-state index in [-0.39, 0.29) is 11.5 Å². The van der Waals surface area contributed by atoms with Crippen LogP contribution in [-0.2, 0) is 19.6 Å². The first kappa shape index (κ1) is 14.5. The molecule has 0 radical (unpaired) electrons. The van der Waals surface area contributed by atoms with Gasteiger partial charge in [-0.25, -0.2) is 17.5 Å². The van der Waals surface area contributed by atoms with Gasteiger partial charge < -0.3 is 9.47 Å². The van der Waals surface area contributed by atoms with E-state index in [0.717, 1.165) is 4.31 Å². The van der Waals surface area contributed by atoms with Crippen LogP contribution in [0.1, 0.15) is 0 Å². The SMILES string of the molecule is COC(=O)COc1ccc(S(=O)(=O)N(C)C)cc1. The second kappa shape index (κ2) is 5.83. The van der Waals surface area contributed by atoms with Crippen LogP contribution in [0.15, 0.2) is 29.2 Å². The molecule has 1 aromatic rings. The molecule has 18 heavy (non-hydrogen) atoms. The number of sulfonamides is 1. The monoisotopic (exact) mass is 273 g/mol. The highest BCUT2D eigenvalue weighted by Crippen LogP contribution is 2.17. The number of carbonyl (C=O) groups excluding carboxylic acids is 1. The van der Waals surface area contributed by atoms with Crippen molar-refractivity contribution in [1.82, 2.24) is 4.31 Å². The number of carbonyl (C=O) groups is 1. The van der Waals surface area contributed by atoms with E-state index in [1.165, 1.54) is 45.5 Å². The molecule has 0 aliphatic heterocycles. The highest BCUT2D eigenvalue weighted by Gasteiger charge is 2.16. The lowest BCUT2D eigenvalue weighted by atomic mass is 10.3. The summed E-state index contributed by atoms with van der Waals surface area (Å²) < 4.78 is 34.2. The molecule has 0 saturated carbocycles. The van der Waals surface area contributed by atoms with Gasteiger partial charge in [0.25, 0.3) is 0 Å². The lowest BCUT2D eigenvalue weighted by Crippen LogP contribution is -2.22. The number of hydrogen-bond donors (Lipinski definition) is 0. The van der Waals surface area contributed by atoms with Crippen molar-refractivity contribution in [3.8, 4) is 5.75 Å². The first-order chi connectivity index (χ1) is 8.37. The number of benzene rings is 1. The number of nitrogens with zero attached hydrogens (tertiary/aromatic N) is 1. The maximum atomic E-state index is 11.8. The van der Waals surface area contributed by atoms with Gasteiger partial charge in [0, 0.05) is 14.1 Å². The molecule has 6 nitrogen and oxygen atoms in total. The maximum absolute atomic E-state index is 11.8. The Morgan fingerprint density at radius 2 is 1.78 bits per heavy atom. The van der Waals surface area contributed by atoms with Gasteiger partial charge in [0.1, 0.15) is 5.75 Å². The zero-order valence-electron chi connectivity index (χ0n) is 10.4. The van der Waals surface area contributed by atoms with Crippen LogP contribution in [0.3, 0.4) is 0 Å². The van der Waals surface area contributed by atoms with Gasteiger partial charge in [-0.3, -0.25) is 0 Å². The highest BCUT2D eigenvalue weighted by molar-refractivity contribution is 7.89. The summed E-state index contributed by atoms with van der Waals surface area (Å²) in [4.78, 5) is 11.0. The van der Waals surface area contributed by atoms with Crippen molar-refractivity contribution < 1.29 is 22.7 Å². The summed E-state index contributed by atoms with van der Waals surface area (Å²) in [6.45, 7) is -0.212. The third-order valence-electron chi connectivity index (χ3n) is 2.19. The van der Waals surface area contributed by atoms with Crippen molar-refractivity contribution in [2.24, 2.45) is 0 Å². The van der Waals surface area contributed by atoms with E-state index in [1.807, 2.05) is 0 Å². The van der Waals surface area contributed by atoms with Gasteiger partial charge >= 0.3 is 5.97 Å². The fourth-order valence-corrected chi connectivity index (χ4v) is 2.02. The Balaban J connectivity index is 2.78. The third-order valence-corrected chi connectivity index (χ3v) is 4.02. The Labute approximate surface area is 106 Å². The zero-order valence-corrected chi connectivity index (χ0v) is 11.2. The number of esters is 1. The van der Waals surface area contributed by atoms with Crippen LogP contribution in [0.5, 0.6) is 5.75 Å². The number of hydrogen-bond acceptors (Lipinski definition) is 5. The molecule has 0 amide bonds. The van der Waals surface area contributed by atoms with Gasteiger partial charge in [-0.15, -0.1) is 0 Å². The molecule has 0 aliphatic carbocycles. The Hall–Kier alpha value is -1.60. The average Bonchev–Trinajstić information content (AvgIpc) is 2.36. The van der Waals surface area contributed by atoms with Crippen LogP contribution in [-0.4, -0.2) is 46.5 Å². The Morgan fingerprint density at radius 3 is 2.22 bits per heavy atom. The fraction of sp³-hybridized carbons (Fsp3) is 0.364. The molecule has 0 heterocycles. The second-order valence-electron chi connectivity index (χ2n) is 3.62. The average molecular weight is 273 g/mol.